The lowest BCUT2D eigenvalue weighted by Crippen LogP contribution is -2.02. The third kappa shape index (κ3) is 1.45. The van der Waals surface area contributed by atoms with Crippen LogP contribution in [0.2, 0.25) is 0 Å². The van der Waals surface area contributed by atoms with Gasteiger partial charge in [-0.2, -0.15) is 5.10 Å². The van der Waals surface area contributed by atoms with Crippen molar-refractivity contribution in [3.8, 4) is 5.69 Å². The van der Waals surface area contributed by atoms with Gasteiger partial charge in [-0.05, 0) is 56.4 Å². The molecule has 0 N–H and O–H groups in total. The largest absolute Gasteiger partial charge is 0.237 e. The lowest BCUT2D eigenvalue weighted by Gasteiger charge is -2.09. The first-order valence-electron chi connectivity index (χ1n) is 5.89. The van der Waals surface area contributed by atoms with E-state index in [9.17, 15) is 0 Å². The number of fused-ring (bicyclic) bond motifs is 3. The fourth-order valence-electron chi connectivity index (χ4n) is 2.48. The van der Waals surface area contributed by atoms with Crippen molar-refractivity contribution < 1.29 is 0 Å². The van der Waals surface area contributed by atoms with Gasteiger partial charge in [-0.3, -0.25) is 0 Å². The molecule has 1 aromatic heterocycles. The Morgan fingerprint density at radius 2 is 2.00 bits per heavy atom. The molecule has 0 saturated heterocycles. The highest BCUT2D eigenvalue weighted by Crippen LogP contribution is 2.24. The highest BCUT2D eigenvalue weighted by molar-refractivity contribution is 5.45. The van der Waals surface area contributed by atoms with Crippen LogP contribution in [0.5, 0.6) is 0 Å². The summed E-state index contributed by atoms with van der Waals surface area (Å²) >= 11 is 0. The van der Waals surface area contributed by atoms with E-state index >= 15 is 0 Å². The molecule has 0 spiro atoms. The molecule has 1 aliphatic heterocycles. The highest BCUT2D eigenvalue weighted by Gasteiger charge is 2.15. The molecule has 2 heteroatoms. The quantitative estimate of drug-likeness (QED) is 0.656. The molecule has 0 radical (unpaired) electrons. The normalized spacial score (nSPS) is 14.1. The van der Waals surface area contributed by atoms with Crippen molar-refractivity contribution in [1.29, 1.82) is 0 Å². The number of benzene rings is 1. The van der Waals surface area contributed by atoms with Gasteiger partial charge in [-0.15, -0.1) is 0 Å². The molecule has 0 bridgehead atoms. The Balaban J connectivity index is 2.27. The number of rotatable bonds is 0. The zero-order chi connectivity index (χ0) is 11.1. The fraction of sp³-hybridized carbons (Fsp3) is 0.357. The van der Waals surface area contributed by atoms with Crippen LogP contribution in [0.25, 0.3) is 5.69 Å². The van der Waals surface area contributed by atoms with Gasteiger partial charge in [0.25, 0.3) is 0 Å². The van der Waals surface area contributed by atoms with Crippen LogP contribution < -0.4 is 0 Å². The standard InChI is InChI=1S/C14H16N2/c1-10-6-7-12-4-3-5-13-9-11(2)15-16(13)14(12)8-10/h6-9H,3-5H2,1-2H3. The first-order chi connectivity index (χ1) is 7.74. The number of aromatic nitrogens is 2. The molecule has 0 fully saturated rings. The van der Waals surface area contributed by atoms with E-state index < -0.39 is 0 Å². The molecular formula is C14H16N2. The van der Waals surface area contributed by atoms with E-state index in [0.717, 1.165) is 18.5 Å². The summed E-state index contributed by atoms with van der Waals surface area (Å²) in [5.74, 6) is 0. The second-order valence-corrected chi connectivity index (χ2v) is 4.67. The van der Waals surface area contributed by atoms with Gasteiger partial charge in [0.15, 0.2) is 0 Å². The molecule has 3 rings (SSSR count). The molecule has 2 aromatic rings. The lowest BCUT2D eigenvalue weighted by atomic mass is 10.1. The van der Waals surface area contributed by atoms with Crippen LogP contribution in [0.1, 0.15) is 28.9 Å². The number of aryl methyl sites for hydroxylation is 4. The summed E-state index contributed by atoms with van der Waals surface area (Å²) in [5.41, 5.74) is 6.47. The van der Waals surface area contributed by atoms with Crippen molar-refractivity contribution in [2.24, 2.45) is 0 Å². The van der Waals surface area contributed by atoms with Crippen molar-refractivity contribution >= 4 is 0 Å². The van der Waals surface area contributed by atoms with Crippen LogP contribution in [0.4, 0.5) is 0 Å². The minimum Gasteiger partial charge on any atom is -0.237 e. The molecule has 1 aromatic carbocycles. The van der Waals surface area contributed by atoms with Gasteiger partial charge in [0.05, 0.1) is 11.4 Å². The molecule has 2 heterocycles. The summed E-state index contributed by atoms with van der Waals surface area (Å²) in [7, 11) is 0. The monoisotopic (exact) mass is 212 g/mol. The Labute approximate surface area is 95.9 Å². The number of hydrogen-bond acceptors (Lipinski definition) is 1. The van der Waals surface area contributed by atoms with Gasteiger partial charge in [-0.25, -0.2) is 4.68 Å². The lowest BCUT2D eigenvalue weighted by molar-refractivity contribution is 0.780. The van der Waals surface area contributed by atoms with Gasteiger partial charge >= 0.3 is 0 Å². The molecule has 16 heavy (non-hydrogen) atoms. The second kappa shape index (κ2) is 3.48. The SMILES string of the molecule is Cc1ccc2c(c1)-n1nc(C)cc1CCC2. The predicted molar refractivity (Wildman–Crippen MR) is 65.1 cm³/mol. The zero-order valence-corrected chi connectivity index (χ0v) is 9.83. The predicted octanol–water partition coefficient (Wildman–Crippen LogP) is 2.98. The van der Waals surface area contributed by atoms with E-state index in [1.807, 2.05) is 0 Å². The first kappa shape index (κ1) is 9.64. The van der Waals surface area contributed by atoms with E-state index in [-0.39, 0.29) is 0 Å². The molecule has 0 amide bonds. The summed E-state index contributed by atoms with van der Waals surface area (Å²) in [5, 5.41) is 4.61. The minimum absolute atomic E-state index is 1.12. The Morgan fingerprint density at radius 3 is 2.88 bits per heavy atom. The second-order valence-electron chi connectivity index (χ2n) is 4.67. The summed E-state index contributed by atoms with van der Waals surface area (Å²) in [4.78, 5) is 0. The molecule has 2 nitrogen and oxygen atoms in total. The summed E-state index contributed by atoms with van der Waals surface area (Å²) in [6.45, 7) is 4.21. The Kier molecular flexibility index (Phi) is 2.10. The number of nitrogens with zero attached hydrogens (tertiary/aromatic N) is 2. The van der Waals surface area contributed by atoms with Crippen molar-refractivity contribution in [2.75, 3.05) is 0 Å². The van der Waals surface area contributed by atoms with Crippen LogP contribution in [-0.2, 0) is 12.8 Å². The maximum Gasteiger partial charge on any atom is 0.0683 e. The maximum absolute atomic E-state index is 4.61. The molecule has 1 aliphatic rings. The van der Waals surface area contributed by atoms with Crippen molar-refractivity contribution in [2.45, 2.75) is 33.1 Å². The Morgan fingerprint density at radius 1 is 1.12 bits per heavy atom. The smallest absolute Gasteiger partial charge is 0.0683 e. The fourth-order valence-corrected chi connectivity index (χ4v) is 2.48. The van der Waals surface area contributed by atoms with Gasteiger partial charge in [0, 0.05) is 5.69 Å². The van der Waals surface area contributed by atoms with Crippen LogP contribution in [0, 0.1) is 13.8 Å². The van der Waals surface area contributed by atoms with E-state index in [4.69, 9.17) is 0 Å². The van der Waals surface area contributed by atoms with Crippen LogP contribution in [0.15, 0.2) is 24.3 Å². The minimum atomic E-state index is 1.12. The average molecular weight is 212 g/mol. The zero-order valence-electron chi connectivity index (χ0n) is 9.83. The van der Waals surface area contributed by atoms with E-state index in [0.29, 0.717) is 0 Å². The first-order valence-corrected chi connectivity index (χ1v) is 5.89. The molecule has 0 aliphatic carbocycles. The molecule has 82 valence electrons. The van der Waals surface area contributed by atoms with Crippen LogP contribution in [-0.4, -0.2) is 9.78 Å². The van der Waals surface area contributed by atoms with Crippen molar-refractivity contribution in [1.82, 2.24) is 9.78 Å². The van der Waals surface area contributed by atoms with Gasteiger partial charge in [0.1, 0.15) is 0 Å². The summed E-state index contributed by atoms with van der Waals surface area (Å²) in [6, 6.07) is 8.89. The third-order valence-electron chi connectivity index (χ3n) is 3.25. The molecule has 0 atom stereocenters. The average Bonchev–Trinajstić information content (AvgIpc) is 2.54. The van der Waals surface area contributed by atoms with Crippen LogP contribution in [0.3, 0.4) is 0 Å². The van der Waals surface area contributed by atoms with Crippen molar-refractivity contribution in [3.05, 3.63) is 46.8 Å². The summed E-state index contributed by atoms with van der Waals surface area (Å²) < 4.78 is 2.13. The van der Waals surface area contributed by atoms with Gasteiger partial charge < -0.3 is 0 Å². The van der Waals surface area contributed by atoms with Crippen molar-refractivity contribution in [3.63, 3.8) is 0 Å². The molecule has 0 unspecified atom stereocenters. The Bertz CT molecular complexity index is 538. The van der Waals surface area contributed by atoms with Gasteiger partial charge in [-0.1, -0.05) is 12.1 Å². The topological polar surface area (TPSA) is 17.8 Å². The third-order valence-corrected chi connectivity index (χ3v) is 3.25. The molecular weight excluding hydrogens is 196 g/mol. The van der Waals surface area contributed by atoms with E-state index in [1.54, 1.807) is 0 Å². The van der Waals surface area contributed by atoms with Crippen LogP contribution >= 0.6 is 0 Å². The Hall–Kier alpha value is -1.57. The van der Waals surface area contributed by atoms with E-state index in [1.165, 1.54) is 28.9 Å². The molecule has 0 saturated carbocycles. The number of hydrogen-bond donors (Lipinski definition) is 0. The van der Waals surface area contributed by atoms with E-state index in [2.05, 4.69) is 47.9 Å². The summed E-state index contributed by atoms with van der Waals surface area (Å²) in [6.07, 6.45) is 3.52. The maximum atomic E-state index is 4.61. The van der Waals surface area contributed by atoms with Gasteiger partial charge in [0.2, 0.25) is 0 Å². The highest BCUT2D eigenvalue weighted by atomic mass is 15.3.